The molecule has 0 bridgehead atoms. The van der Waals surface area contributed by atoms with Crippen molar-refractivity contribution >= 4 is 44.6 Å². The highest BCUT2D eigenvalue weighted by Gasteiger charge is 2.27. The van der Waals surface area contributed by atoms with Gasteiger partial charge in [0.25, 0.3) is 15.9 Å². The highest BCUT2D eigenvalue weighted by atomic mass is 32.2. The van der Waals surface area contributed by atoms with Gasteiger partial charge >= 0.3 is 0 Å². The van der Waals surface area contributed by atoms with E-state index < -0.39 is 85.1 Å². The molecule has 0 aliphatic carbocycles. The number of nitrogens with zero attached hydrogens (tertiary/aromatic N) is 1. The topological polar surface area (TPSA) is 118 Å². The maximum Gasteiger partial charge on any atom is 0.267 e. The summed E-state index contributed by atoms with van der Waals surface area (Å²) in [5, 5.41) is 4.29. The highest BCUT2D eigenvalue weighted by Crippen LogP contribution is 2.29. The van der Waals surface area contributed by atoms with E-state index in [1.807, 2.05) is 0 Å². The summed E-state index contributed by atoms with van der Waals surface area (Å²) in [6.45, 7) is -6.96. The van der Waals surface area contributed by atoms with Crippen molar-refractivity contribution in [3.63, 3.8) is 0 Å². The summed E-state index contributed by atoms with van der Waals surface area (Å²) >= 11 is 0.482. The van der Waals surface area contributed by atoms with E-state index in [1.54, 1.807) is 0 Å². The fourth-order valence-electron chi connectivity index (χ4n) is 2.51. The van der Waals surface area contributed by atoms with Crippen LogP contribution in [0.25, 0.3) is 0 Å². The predicted molar refractivity (Wildman–Crippen MR) is 115 cm³/mol. The maximum atomic E-state index is 13.5. The Kier molecular flexibility index (Phi) is 2.91. The zero-order valence-corrected chi connectivity index (χ0v) is 17.1. The fourth-order valence-corrected chi connectivity index (χ4v) is 4.73. The van der Waals surface area contributed by atoms with Crippen molar-refractivity contribution in [1.82, 2.24) is 5.16 Å². The normalized spacial score (nSPS) is 18.5. The van der Waals surface area contributed by atoms with Gasteiger partial charge in [-0.15, -0.1) is 11.3 Å². The molecule has 8 nitrogen and oxygen atoms in total. The summed E-state index contributed by atoms with van der Waals surface area (Å²) < 4.78 is 124. The lowest BCUT2D eigenvalue weighted by atomic mass is 10.0. The van der Waals surface area contributed by atoms with Crippen LogP contribution in [0.5, 0.6) is 0 Å². The third-order valence-electron chi connectivity index (χ3n) is 3.79. The zero-order valence-electron chi connectivity index (χ0n) is 27.4. The van der Waals surface area contributed by atoms with Gasteiger partial charge in [-0.3, -0.25) is 9.59 Å². The number of hydrogen-bond acceptors (Lipinski definition) is 7. The standard InChI is InChI=1S/C20H21N3O5S2/c1-10-8-11(2)17(15(9-10)14(5)24)21-19(25)18-16(6-7-29-18)30(26,27)23-20-12(3)13(4)22-28-20/h6-9,23H,1-5H3,(H,21,25)/i3D3,4D3,5D3,8D/hD2. The van der Waals surface area contributed by atoms with Crippen LogP contribution in [-0.4, -0.2) is 25.3 Å². The Balaban J connectivity index is 2.16. The van der Waals surface area contributed by atoms with Crippen molar-refractivity contribution < 1.29 is 39.1 Å². The number of hydrogen-bond donors (Lipinski definition) is 2. The third-order valence-corrected chi connectivity index (χ3v) is 6.13. The van der Waals surface area contributed by atoms with Gasteiger partial charge in [0, 0.05) is 23.5 Å². The van der Waals surface area contributed by atoms with Crippen LogP contribution in [0, 0.1) is 27.6 Å². The van der Waals surface area contributed by atoms with Crippen molar-refractivity contribution in [2.24, 2.45) is 0 Å². The minimum absolute atomic E-state index is 0.0555. The predicted octanol–water partition coefficient (Wildman–Crippen LogP) is 4.23. The Labute approximate surface area is 195 Å². The molecule has 0 saturated carbocycles. The molecule has 3 rings (SSSR count). The molecule has 10 heteroatoms. The largest absolute Gasteiger partial charge is 0.337 e. The van der Waals surface area contributed by atoms with Gasteiger partial charge < -0.3 is 9.83 Å². The average molecular weight is 460 g/mol. The van der Waals surface area contributed by atoms with Crippen LogP contribution in [0.2, 0.25) is 2.82 Å². The molecule has 0 unspecified atom stereocenters. The Morgan fingerprint density at radius 2 is 2.13 bits per heavy atom. The van der Waals surface area contributed by atoms with Gasteiger partial charge in [0.05, 0.1) is 12.8 Å². The number of amides is 1. The van der Waals surface area contributed by atoms with Crippen LogP contribution in [0.3, 0.4) is 0 Å². The van der Waals surface area contributed by atoms with Gasteiger partial charge in [0.15, 0.2) is 8.61 Å². The Bertz CT molecular complexity index is 1670. The molecule has 0 atom stereocenters. The first-order chi connectivity index (χ1) is 18.9. The number of aromatic nitrogens is 1. The number of rotatable bonds is 6. The van der Waals surface area contributed by atoms with Crippen molar-refractivity contribution in [2.75, 3.05) is 10.0 Å². The summed E-state index contributed by atoms with van der Waals surface area (Å²) in [5.74, 6) is -4.11. The number of aryl methyl sites for hydroxylation is 2. The number of carbonyl (C=O) groups is 2. The molecule has 1 amide bonds. The maximum absolute atomic E-state index is 13.5. The highest BCUT2D eigenvalue weighted by molar-refractivity contribution is 7.93. The van der Waals surface area contributed by atoms with Crippen LogP contribution >= 0.6 is 11.3 Å². The summed E-state index contributed by atoms with van der Waals surface area (Å²) in [6, 6.07) is 1.65. The number of anilines is 2. The van der Waals surface area contributed by atoms with E-state index in [-0.39, 0.29) is 22.5 Å². The van der Waals surface area contributed by atoms with E-state index in [0.29, 0.717) is 11.3 Å². The second kappa shape index (κ2) is 8.04. The summed E-state index contributed by atoms with van der Waals surface area (Å²) in [5.41, 5.74) is -3.40. The monoisotopic (exact) mass is 459 g/mol. The van der Waals surface area contributed by atoms with Gasteiger partial charge in [-0.25, -0.2) is 13.1 Å². The number of ketones is 1. The first kappa shape index (κ1) is 10.9. The molecule has 0 saturated heterocycles. The van der Waals surface area contributed by atoms with Crippen molar-refractivity contribution in [2.45, 2.75) is 39.3 Å². The smallest absolute Gasteiger partial charge is 0.267 e. The van der Waals surface area contributed by atoms with Gasteiger partial charge in [0.1, 0.15) is 9.77 Å². The number of benzene rings is 1. The first-order valence-corrected chi connectivity index (χ1v) is 10.4. The van der Waals surface area contributed by atoms with E-state index >= 15 is 0 Å². The van der Waals surface area contributed by atoms with Gasteiger partial charge in [0.2, 0.25) is 5.88 Å². The summed E-state index contributed by atoms with van der Waals surface area (Å²) in [6.07, 6.45) is 0. The molecule has 0 aliphatic rings. The van der Waals surface area contributed by atoms with Crippen molar-refractivity contribution in [1.29, 1.82) is 0 Å². The lowest BCUT2D eigenvalue weighted by Gasteiger charge is -2.14. The quantitative estimate of drug-likeness (QED) is 0.533. The molecule has 158 valence electrons. The van der Waals surface area contributed by atoms with E-state index in [2.05, 4.69) is 9.68 Å². The van der Waals surface area contributed by atoms with Gasteiger partial charge in [-0.1, -0.05) is 11.2 Å². The first-order valence-electron chi connectivity index (χ1n) is 13.9. The van der Waals surface area contributed by atoms with Crippen LogP contribution in [0.15, 0.2) is 33.0 Å². The Morgan fingerprint density at radius 3 is 2.83 bits per heavy atom. The Morgan fingerprint density at radius 1 is 1.33 bits per heavy atom. The summed E-state index contributed by atoms with van der Waals surface area (Å²) in [7, 11) is -5.21. The number of Topliss-reactive ketones (excluding diaryl/α,β-unsaturated/α-hetero) is 1. The van der Waals surface area contributed by atoms with E-state index in [4.69, 9.17) is 16.5 Å². The van der Waals surface area contributed by atoms with Crippen molar-refractivity contribution in [3.05, 3.63) is 56.4 Å². The van der Waals surface area contributed by atoms with Crippen molar-refractivity contribution in [3.8, 4) is 0 Å². The molecule has 30 heavy (non-hydrogen) atoms. The molecule has 0 fully saturated rings. The van der Waals surface area contributed by atoms with E-state index in [9.17, 15) is 18.0 Å². The minimum Gasteiger partial charge on any atom is -0.337 e. The second-order valence-corrected chi connectivity index (χ2v) is 8.47. The summed E-state index contributed by atoms with van der Waals surface area (Å²) in [4.78, 5) is 24.5. The molecule has 2 aromatic heterocycles. The van der Waals surface area contributed by atoms with Crippen LogP contribution in [0.1, 0.15) is 63.0 Å². The van der Waals surface area contributed by atoms with Gasteiger partial charge in [-0.05, 0) is 63.0 Å². The molecule has 2 N–H and O–H groups in total. The molecule has 3 aromatic rings. The molecular formula is C20H21N3O5S2. The lowest BCUT2D eigenvalue weighted by Crippen LogP contribution is -2.20. The Hall–Kier alpha value is -2.98. The number of carbonyl (C=O) groups excluding carboxylic acids is 2. The molecule has 1 aromatic carbocycles. The molecule has 0 aliphatic heterocycles. The average Bonchev–Trinajstić information content (AvgIpc) is 3.52. The molecule has 0 radical (unpaired) electrons. The van der Waals surface area contributed by atoms with Crippen LogP contribution in [-0.2, 0) is 10.0 Å². The SMILES string of the molecule is [2H]c1c(C)cc(C(=O)C([2H])([2H])[2H])c(N([2H])C(=O)c2sccc2S(=O)(=O)N([2H])c2onc(C([2H])([2H])[2H])c2C([2H])([2H])[2H])c1C. The second-order valence-electron chi connectivity index (χ2n) is 5.98. The molecule has 2 heterocycles. The lowest BCUT2D eigenvalue weighted by molar-refractivity contribution is 0.101. The number of nitrogens with one attached hydrogen (secondary N) is 2. The van der Waals surface area contributed by atoms with Gasteiger partial charge in [-0.2, -0.15) is 0 Å². The molecular weight excluding hydrogens is 426 g/mol. The molecule has 0 spiro atoms. The number of sulfonamides is 1. The number of thiophene rings is 1. The van der Waals surface area contributed by atoms with E-state index in [1.165, 1.54) is 13.8 Å². The fraction of sp³-hybridized carbons (Fsp3) is 0.250. The third kappa shape index (κ3) is 4.14. The minimum atomic E-state index is -5.21. The van der Waals surface area contributed by atoms with E-state index in [0.717, 1.165) is 17.5 Å². The zero-order chi connectivity index (χ0) is 32.3. The van der Waals surface area contributed by atoms with Crippen LogP contribution < -0.4 is 10.0 Å². The van der Waals surface area contributed by atoms with Crippen LogP contribution in [0.4, 0.5) is 11.6 Å².